The molecule has 0 saturated heterocycles. The lowest BCUT2D eigenvalue weighted by atomic mass is 10.1. The number of carbonyl (C=O) groups is 1. The molecule has 0 bridgehead atoms. The van der Waals surface area contributed by atoms with Crippen LogP contribution in [0.3, 0.4) is 0 Å². The number of hydrogen-bond acceptors (Lipinski definition) is 5. The molecular formula is C15H18N2O5. The summed E-state index contributed by atoms with van der Waals surface area (Å²) >= 11 is 0. The Morgan fingerprint density at radius 3 is 2.41 bits per heavy atom. The summed E-state index contributed by atoms with van der Waals surface area (Å²) in [6.07, 6.45) is 3.24. The van der Waals surface area contributed by atoms with Gasteiger partial charge in [0, 0.05) is 17.3 Å². The Balaban J connectivity index is 2.51. The lowest BCUT2D eigenvalue weighted by Crippen LogP contribution is -2.15. The molecule has 2 rings (SSSR count). The zero-order valence-corrected chi connectivity index (χ0v) is 12.9. The second kappa shape index (κ2) is 6.38. The molecule has 2 aromatic rings. The zero-order chi connectivity index (χ0) is 16.3. The van der Waals surface area contributed by atoms with Gasteiger partial charge in [0.15, 0.2) is 11.5 Å². The number of hydrogen-bond donors (Lipinski definition) is 1. The molecule has 118 valence electrons. The Bertz CT molecular complexity index is 681. The van der Waals surface area contributed by atoms with Crippen LogP contribution in [0.15, 0.2) is 24.5 Å². The predicted octanol–water partition coefficient (Wildman–Crippen LogP) is 2.22. The van der Waals surface area contributed by atoms with Crippen molar-refractivity contribution in [2.24, 2.45) is 0 Å². The molecule has 7 heteroatoms. The summed E-state index contributed by atoms with van der Waals surface area (Å²) in [5.41, 5.74) is 1.47. The molecular weight excluding hydrogens is 288 g/mol. The van der Waals surface area contributed by atoms with Gasteiger partial charge >= 0.3 is 5.97 Å². The Labute approximate surface area is 128 Å². The number of rotatable bonds is 6. The van der Waals surface area contributed by atoms with Crippen molar-refractivity contribution >= 4 is 5.97 Å². The van der Waals surface area contributed by atoms with Crippen molar-refractivity contribution in [2.45, 2.75) is 13.0 Å². The predicted molar refractivity (Wildman–Crippen MR) is 79.7 cm³/mol. The maximum Gasteiger partial charge on any atom is 0.328 e. The molecule has 1 heterocycles. The van der Waals surface area contributed by atoms with Gasteiger partial charge in [-0.15, -0.1) is 0 Å². The molecule has 0 aliphatic rings. The number of nitrogens with zero attached hydrogens (tertiary/aromatic N) is 2. The maximum atomic E-state index is 11.0. The summed E-state index contributed by atoms with van der Waals surface area (Å²) in [6.45, 7) is 1.56. The molecule has 1 atom stereocenters. The van der Waals surface area contributed by atoms with Crippen molar-refractivity contribution < 1.29 is 24.1 Å². The minimum Gasteiger partial charge on any atom is -0.493 e. The van der Waals surface area contributed by atoms with Gasteiger partial charge < -0.3 is 19.3 Å². The number of aliphatic carboxylic acids is 1. The first-order valence-electron chi connectivity index (χ1n) is 6.59. The van der Waals surface area contributed by atoms with Crippen LogP contribution in [-0.2, 0) is 4.79 Å². The fraction of sp³-hybridized carbons (Fsp3) is 0.333. The number of aromatic nitrogens is 2. The first-order chi connectivity index (χ1) is 10.5. The van der Waals surface area contributed by atoms with Gasteiger partial charge in [0.1, 0.15) is 6.04 Å². The quantitative estimate of drug-likeness (QED) is 0.881. The number of methoxy groups -OCH3 is 3. The minimum absolute atomic E-state index is 0.474. The van der Waals surface area contributed by atoms with Crippen LogP contribution >= 0.6 is 0 Å². The monoisotopic (exact) mass is 306 g/mol. The molecule has 0 unspecified atom stereocenters. The largest absolute Gasteiger partial charge is 0.493 e. The Kier molecular flexibility index (Phi) is 4.55. The highest BCUT2D eigenvalue weighted by Crippen LogP contribution is 2.44. The molecule has 22 heavy (non-hydrogen) atoms. The van der Waals surface area contributed by atoms with E-state index in [1.807, 2.05) is 6.07 Å². The number of ether oxygens (including phenoxy) is 3. The average Bonchev–Trinajstić information content (AvgIpc) is 3.01. The smallest absolute Gasteiger partial charge is 0.328 e. The van der Waals surface area contributed by atoms with Gasteiger partial charge in [0.2, 0.25) is 5.75 Å². The lowest BCUT2D eigenvalue weighted by Gasteiger charge is -2.15. The van der Waals surface area contributed by atoms with Crippen molar-refractivity contribution in [2.75, 3.05) is 21.3 Å². The summed E-state index contributed by atoms with van der Waals surface area (Å²) in [7, 11) is 4.61. The van der Waals surface area contributed by atoms with E-state index in [2.05, 4.69) is 5.10 Å². The third kappa shape index (κ3) is 2.69. The number of benzene rings is 1. The molecule has 0 spiro atoms. The zero-order valence-electron chi connectivity index (χ0n) is 12.9. The van der Waals surface area contributed by atoms with Crippen molar-refractivity contribution in [1.29, 1.82) is 0 Å². The SMILES string of the molecule is COc1ccc(-c2cnn([C@@H](C)C(=O)O)c2)c(OC)c1OC. The van der Waals surface area contributed by atoms with E-state index in [4.69, 9.17) is 19.3 Å². The number of carboxylic acid groups (broad SMARTS) is 1. The van der Waals surface area contributed by atoms with E-state index in [0.717, 1.165) is 11.1 Å². The van der Waals surface area contributed by atoms with E-state index in [1.165, 1.54) is 18.9 Å². The Hall–Kier alpha value is -2.70. The molecule has 0 fully saturated rings. The van der Waals surface area contributed by atoms with Crippen LogP contribution in [0.4, 0.5) is 0 Å². The average molecular weight is 306 g/mol. The van der Waals surface area contributed by atoms with E-state index in [0.29, 0.717) is 17.2 Å². The first-order valence-corrected chi connectivity index (χ1v) is 6.59. The summed E-state index contributed by atoms with van der Waals surface area (Å²) in [6, 6.07) is 2.82. The standard InChI is InChI=1S/C15H18N2O5/c1-9(15(18)19)17-8-10(7-16-17)11-5-6-12(20-2)14(22-4)13(11)21-3/h5-9H,1-4H3,(H,18,19)/t9-/m0/s1. The normalized spacial score (nSPS) is 11.8. The van der Waals surface area contributed by atoms with Gasteiger partial charge in [0.25, 0.3) is 0 Å². The van der Waals surface area contributed by atoms with Crippen LogP contribution in [0.2, 0.25) is 0 Å². The van der Waals surface area contributed by atoms with Gasteiger partial charge in [-0.05, 0) is 19.1 Å². The highest BCUT2D eigenvalue weighted by atomic mass is 16.5. The highest BCUT2D eigenvalue weighted by molar-refractivity contribution is 5.76. The second-order valence-corrected chi connectivity index (χ2v) is 4.61. The minimum atomic E-state index is -0.950. The van der Waals surface area contributed by atoms with Crippen LogP contribution in [0.25, 0.3) is 11.1 Å². The van der Waals surface area contributed by atoms with Gasteiger partial charge in [-0.25, -0.2) is 4.79 Å². The molecule has 7 nitrogen and oxygen atoms in total. The van der Waals surface area contributed by atoms with E-state index >= 15 is 0 Å². The third-order valence-electron chi connectivity index (χ3n) is 3.37. The fourth-order valence-electron chi connectivity index (χ4n) is 2.13. The lowest BCUT2D eigenvalue weighted by molar-refractivity contribution is -0.140. The van der Waals surface area contributed by atoms with Crippen LogP contribution in [0.5, 0.6) is 17.2 Å². The van der Waals surface area contributed by atoms with Crippen molar-refractivity contribution in [3.63, 3.8) is 0 Å². The summed E-state index contributed by atoms with van der Waals surface area (Å²) in [5, 5.41) is 13.1. The fourth-order valence-corrected chi connectivity index (χ4v) is 2.13. The summed E-state index contributed by atoms with van der Waals surface area (Å²) < 4.78 is 17.4. The molecule has 0 amide bonds. The number of carboxylic acids is 1. The van der Waals surface area contributed by atoms with Crippen LogP contribution in [-0.4, -0.2) is 42.2 Å². The van der Waals surface area contributed by atoms with E-state index in [1.54, 1.807) is 32.5 Å². The van der Waals surface area contributed by atoms with Gasteiger partial charge in [0.05, 0.1) is 27.5 Å². The van der Waals surface area contributed by atoms with Crippen LogP contribution in [0, 0.1) is 0 Å². The van der Waals surface area contributed by atoms with E-state index in [9.17, 15) is 4.79 Å². The molecule has 1 aromatic carbocycles. The topological polar surface area (TPSA) is 82.8 Å². The maximum absolute atomic E-state index is 11.0. The summed E-state index contributed by atoms with van der Waals surface area (Å²) in [4.78, 5) is 11.0. The van der Waals surface area contributed by atoms with Gasteiger partial charge in [-0.3, -0.25) is 4.68 Å². The second-order valence-electron chi connectivity index (χ2n) is 4.61. The van der Waals surface area contributed by atoms with Crippen LogP contribution in [0.1, 0.15) is 13.0 Å². The van der Waals surface area contributed by atoms with Crippen molar-refractivity contribution in [3.05, 3.63) is 24.5 Å². The highest BCUT2D eigenvalue weighted by Gasteiger charge is 2.20. The first kappa shape index (κ1) is 15.7. The van der Waals surface area contributed by atoms with Gasteiger partial charge in [-0.1, -0.05) is 0 Å². The van der Waals surface area contributed by atoms with E-state index < -0.39 is 12.0 Å². The molecule has 0 aliphatic carbocycles. The molecule has 0 radical (unpaired) electrons. The van der Waals surface area contributed by atoms with Gasteiger partial charge in [-0.2, -0.15) is 5.10 Å². The third-order valence-corrected chi connectivity index (χ3v) is 3.37. The molecule has 0 saturated carbocycles. The van der Waals surface area contributed by atoms with Crippen LogP contribution < -0.4 is 14.2 Å². The van der Waals surface area contributed by atoms with E-state index in [-0.39, 0.29) is 0 Å². The molecule has 1 aromatic heterocycles. The Morgan fingerprint density at radius 1 is 1.18 bits per heavy atom. The van der Waals surface area contributed by atoms with Crippen molar-refractivity contribution in [1.82, 2.24) is 9.78 Å². The Morgan fingerprint density at radius 2 is 1.86 bits per heavy atom. The molecule has 0 aliphatic heterocycles. The molecule has 1 N–H and O–H groups in total. The summed E-state index contributed by atoms with van der Waals surface area (Å²) in [5.74, 6) is 0.578. The van der Waals surface area contributed by atoms with Crippen molar-refractivity contribution in [3.8, 4) is 28.4 Å².